The topological polar surface area (TPSA) is 17.1 Å². The summed E-state index contributed by atoms with van der Waals surface area (Å²) in [5.41, 5.74) is 0. The highest BCUT2D eigenvalue weighted by Crippen LogP contribution is 2.43. The minimum atomic E-state index is 0.322. The largest absolute Gasteiger partial charge is 0.293 e. The van der Waals surface area contributed by atoms with E-state index in [9.17, 15) is 4.79 Å². The molecule has 1 aromatic heterocycles. The molecule has 3 unspecified atom stereocenters. The fourth-order valence-electron chi connectivity index (χ4n) is 3.88. The molecule has 0 amide bonds. The normalized spacial score (nSPS) is 31.9. The van der Waals surface area contributed by atoms with Crippen molar-refractivity contribution in [3.63, 3.8) is 0 Å². The first-order chi connectivity index (χ1) is 8.74. The Morgan fingerprint density at radius 1 is 1.11 bits per heavy atom. The number of hydrogen-bond donors (Lipinski definition) is 0. The molecule has 98 valence electrons. The van der Waals surface area contributed by atoms with E-state index in [1.165, 1.54) is 43.4 Å². The Kier molecular flexibility index (Phi) is 3.56. The van der Waals surface area contributed by atoms with Gasteiger partial charge < -0.3 is 0 Å². The van der Waals surface area contributed by atoms with Crippen molar-refractivity contribution in [1.82, 2.24) is 0 Å². The van der Waals surface area contributed by atoms with Gasteiger partial charge >= 0.3 is 0 Å². The molecule has 1 heterocycles. The van der Waals surface area contributed by atoms with Gasteiger partial charge in [-0.2, -0.15) is 0 Å². The Bertz CT molecular complexity index is 434. The molecule has 0 bridgehead atoms. The molecule has 2 saturated carbocycles. The quantitative estimate of drug-likeness (QED) is 0.697. The van der Waals surface area contributed by atoms with Gasteiger partial charge in [-0.1, -0.05) is 25.7 Å². The van der Waals surface area contributed by atoms with Gasteiger partial charge in [0.15, 0.2) is 5.78 Å². The van der Waals surface area contributed by atoms with Crippen LogP contribution in [0.3, 0.4) is 0 Å². The third-order valence-electron chi connectivity index (χ3n) is 4.89. The summed E-state index contributed by atoms with van der Waals surface area (Å²) < 4.78 is 0. The maximum absolute atomic E-state index is 12.5. The maximum atomic E-state index is 12.5. The fraction of sp³-hybridized carbons (Fsp3) is 0.688. The average molecular weight is 262 g/mol. The third kappa shape index (κ3) is 2.40. The van der Waals surface area contributed by atoms with Crippen LogP contribution in [0.5, 0.6) is 0 Å². The highest BCUT2D eigenvalue weighted by molar-refractivity contribution is 7.14. The van der Waals surface area contributed by atoms with Crippen LogP contribution < -0.4 is 0 Å². The molecule has 0 aliphatic heterocycles. The monoisotopic (exact) mass is 262 g/mol. The van der Waals surface area contributed by atoms with Gasteiger partial charge in [-0.15, -0.1) is 11.3 Å². The number of thiophene rings is 1. The zero-order valence-electron chi connectivity index (χ0n) is 11.2. The first-order valence-corrected chi connectivity index (χ1v) is 8.16. The molecule has 0 radical (unpaired) electrons. The van der Waals surface area contributed by atoms with Gasteiger partial charge in [0.1, 0.15) is 0 Å². The summed E-state index contributed by atoms with van der Waals surface area (Å²) in [5, 5.41) is 0. The van der Waals surface area contributed by atoms with Crippen LogP contribution in [0.4, 0.5) is 0 Å². The van der Waals surface area contributed by atoms with Gasteiger partial charge in [-0.05, 0) is 50.2 Å². The number of Topliss-reactive ketones (excluding diaryl/α,β-unsaturated/α-hetero) is 1. The standard InChI is InChI=1S/C16H22OS/c1-11-6-9-15(18-11)16(17)14-8-7-12-4-2-3-5-13(12)10-14/h6,9,12-14H,2-5,7-8,10H2,1H3. The molecule has 0 N–H and O–H groups in total. The Balaban J connectivity index is 1.68. The summed E-state index contributed by atoms with van der Waals surface area (Å²) in [6.45, 7) is 2.08. The average Bonchev–Trinajstić information content (AvgIpc) is 2.84. The third-order valence-corrected chi connectivity index (χ3v) is 5.91. The van der Waals surface area contributed by atoms with Crippen LogP contribution in [0.2, 0.25) is 0 Å². The van der Waals surface area contributed by atoms with Crippen LogP contribution in [0.15, 0.2) is 12.1 Å². The summed E-state index contributed by atoms with van der Waals surface area (Å²) in [4.78, 5) is 14.7. The molecular weight excluding hydrogens is 240 g/mol. The molecule has 18 heavy (non-hydrogen) atoms. The lowest BCUT2D eigenvalue weighted by molar-refractivity contribution is 0.0767. The van der Waals surface area contributed by atoms with Gasteiger partial charge in [0, 0.05) is 10.8 Å². The van der Waals surface area contributed by atoms with E-state index in [0.717, 1.165) is 23.1 Å². The lowest BCUT2D eigenvalue weighted by Crippen LogP contribution is -2.31. The molecule has 3 atom stereocenters. The van der Waals surface area contributed by atoms with E-state index in [1.54, 1.807) is 11.3 Å². The molecule has 2 fully saturated rings. The second-order valence-corrected chi connectivity index (χ2v) is 7.38. The number of carbonyl (C=O) groups excluding carboxylic acids is 1. The van der Waals surface area contributed by atoms with Gasteiger partial charge in [0.2, 0.25) is 0 Å². The van der Waals surface area contributed by atoms with Crippen molar-refractivity contribution in [1.29, 1.82) is 0 Å². The van der Waals surface area contributed by atoms with Crippen molar-refractivity contribution in [2.75, 3.05) is 0 Å². The van der Waals surface area contributed by atoms with Crippen LogP contribution in [0.25, 0.3) is 0 Å². The lowest BCUT2D eigenvalue weighted by Gasteiger charge is -2.38. The second kappa shape index (κ2) is 5.16. The Morgan fingerprint density at radius 3 is 2.61 bits per heavy atom. The molecule has 2 heteroatoms. The van der Waals surface area contributed by atoms with Crippen LogP contribution in [-0.2, 0) is 0 Å². The maximum Gasteiger partial charge on any atom is 0.175 e. The molecule has 3 rings (SSSR count). The minimum Gasteiger partial charge on any atom is -0.293 e. The minimum absolute atomic E-state index is 0.322. The number of fused-ring (bicyclic) bond motifs is 1. The second-order valence-electron chi connectivity index (χ2n) is 6.09. The van der Waals surface area contributed by atoms with E-state index in [4.69, 9.17) is 0 Å². The smallest absolute Gasteiger partial charge is 0.175 e. The van der Waals surface area contributed by atoms with Crippen molar-refractivity contribution in [3.8, 4) is 0 Å². The molecule has 0 saturated heterocycles. The zero-order chi connectivity index (χ0) is 12.5. The first kappa shape index (κ1) is 12.4. The van der Waals surface area contributed by atoms with Gasteiger partial charge in [0.05, 0.1) is 4.88 Å². The summed E-state index contributed by atoms with van der Waals surface area (Å²) in [5.74, 6) is 2.54. The van der Waals surface area contributed by atoms with Crippen LogP contribution in [0.1, 0.15) is 59.5 Å². The lowest BCUT2D eigenvalue weighted by atomic mass is 9.66. The van der Waals surface area contributed by atoms with E-state index in [0.29, 0.717) is 11.7 Å². The Morgan fingerprint density at radius 2 is 1.89 bits per heavy atom. The number of aryl methyl sites for hydroxylation is 1. The van der Waals surface area contributed by atoms with E-state index in [-0.39, 0.29) is 0 Å². The molecule has 0 aromatic carbocycles. The van der Waals surface area contributed by atoms with Crippen molar-refractivity contribution < 1.29 is 4.79 Å². The van der Waals surface area contributed by atoms with Crippen LogP contribution in [0, 0.1) is 24.7 Å². The van der Waals surface area contributed by atoms with Gasteiger partial charge in [-0.25, -0.2) is 0 Å². The van der Waals surface area contributed by atoms with E-state index >= 15 is 0 Å². The highest BCUT2D eigenvalue weighted by atomic mass is 32.1. The van der Waals surface area contributed by atoms with Crippen molar-refractivity contribution in [2.24, 2.45) is 17.8 Å². The predicted octanol–water partition coefficient (Wildman–Crippen LogP) is 4.85. The molecule has 0 spiro atoms. The van der Waals surface area contributed by atoms with Gasteiger partial charge in [0.25, 0.3) is 0 Å². The Labute approximate surface area is 114 Å². The van der Waals surface area contributed by atoms with E-state index in [1.807, 2.05) is 6.07 Å². The fourth-order valence-corrected chi connectivity index (χ4v) is 4.77. The Hall–Kier alpha value is -0.630. The predicted molar refractivity (Wildman–Crippen MR) is 76.2 cm³/mol. The molecule has 2 aliphatic carbocycles. The first-order valence-electron chi connectivity index (χ1n) is 7.34. The summed E-state index contributed by atoms with van der Waals surface area (Å²) >= 11 is 1.67. The highest BCUT2D eigenvalue weighted by Gasteiger charge is 2.35. The number of hydrogen-bond acceptors (Lipinski definition) is 2. The number of ketones is 1. The van der Waals surface area contributed by atoms with Gasteiger partial charge in [-0.3, -0.25) is 4.79 Å². The SMILES string of the molecule is Cc1ccc(C(=O)C2CCC3CCCCC3C2)s1. The molecular formula is C16H22OS. The molecule has 1 aromatic rings. The van der Waals surface area contributed by atoms with E-state index < -0.39 is 0 Å². The number of rotatable bonds is 2. The summed E-state index contributed by atoms with van der Waals surface area (Å²) in [6, 6.07) is 4.10. The van der Waals surface area contributed by atoms with Crippen molar-refractivity contribution in [3.05, 3.63) is 21.9 Å². The van der Waals surface area contributed by atoms with Crippen molar-refractivity contribution in [2.45, 2.75) is 51.9 Å². The summed E-state index contributed by atoms with van der Waals surface area (Å²) in [6.07, 6.45) is 9.20. The van der Waals surface area contributed by atoms with Crippen LogP contribution >= 0.6 is 11.3 Å². The zero-order valence-corrected chi connectivity index (χ0v) is 12.0. The van der Waals surface area contributed by atoms with Crippen LogP contribution in [-0.4, -0.2) is 5.78 Å². The number of carbonyl (C=O) groups is 1. The molecule has 1 nitrogen and oxygen atoms in total. The summed E-state index contributed by atoms with van der Waals surface area (Å²) in [7, 11) is 0. The van der Waals surface area contributed by atoms with Crippen molar-refractivity contribution >= 4 is 17.1 Å². The van der Waals surface area contributed by atoms with E-state index in [2.05, 4.69) is 13.0 Å². The molecule has 2 aliphatic rings.